The molecule has 2 heterocycles. The van der Waals surface area contributed by atoms with E-state index in [4.69, 9.17) is 4.74 Å². The normalized spacial score (nSPS) is 11.1. The molecular formula is C21H26N4O2S. The number of carbonyl (C=O) groups excluding carboxylic acids is 1. The molecule has 6 nitrogen and oxygen atoms in total. The number of rotatable bonds is 10. The Morgan fingerprint density at radius 3 is 2.75 bits per heavy atom. The Morgan fingerprint density at radius 2 is 2.00 bits per heavy atom. The van der Waals surface area contributed by atoms with Crippen molar-refractivity contribution in [1.82, 2.24) is 19.3 Å². The number of ether oxygens (including phenoxy) is 1. The van der Waals surface area contributed by atoms with Gasteiger partial charge in [0.15, 0.2) is 10.9 Å². The van der Waals surface area contributed by atoms with Crippen molar-refractivity contribution in [1.29, 1.82) is 0 Å². The molecule has 148 valence electrons. The summed E-state index contributed by atoms with van der Waals surface area (Å²) in [5.74, 6) is 0.461. The molecule has 0 amide bonds. The van der Waals surface area contributed by atoms with Gasteiger partial charge in [0.25, 0.3) is 0 Å². The van der Waals surface area contributed by atoms with Crippen LogP contribution in [0.15, 0.2) is 47.9 Å². The second kappa shape index (κ2) is 9.71. The topological polar surface area (TPSA) is 61.9 Å². The molecule has 0 radical (unpaired) electrons. The highest BCUT2D eigenvalue weighted by atomic mass is 32.2. The largest absolute Gasteiger partial charge is 0.385 e. The second-order valence-corrected chi connectivity index (χ2v) is 7.66. The average Bonchev–Trinajstić information content (AvgIpc) is 3.26. The number of carbonyl (C=O) groups is 1. The SMILES string of the molecule is COCCCn1cnnc1SCC(=O)c1cc(C)n(Cc2ccccc2)c1C. The lowest BCUT2D eigenvalue weighted by molar-refractivity contribution is 0.102. The summed E-state index contributed by atoms with van der Waals surface area (Å²) < 4.78 is 9.25. The van der Waals surface area contributed by atoms with Crippen LogP contribution in [0.1, 0.15) is 33.7 Å². The predicted octanol–water partition coefficient (Wildman–Crippen LogP) is 3.76. The summed E-state index contributed by atoms with van der Waals surface area (Å²) in [4.78, 5) is 12.8. The van der Waals surface area contributed by atoms with Gasteiger partial charge in [-0.3, -0.25) is 4.79 Å². The third-order valence-corrected chi connectivity index (χ3v) is 5.70. The van der Waals surface area contributed by atoms with Crippen LogP contribution in [-0.2, 0) is 17.8 Å². The van der Waals surface area contributed by atoms with Gasteiger partial charge in [0.05, 0.1) is 5.75 Å². The highest BCUT2D eigenvalue weighted by Crippen LogP contribution is 2.22. The van der Waals surface area contributed by atoms with Crippen molar-refractivity contribution in [3.8, 4) is 0 Å². The Kier molecular flexibility index (Phi) is 7.06. The molecule has 0 unspecified atom stereocenters. The van der Waals surface area contributed by atoms with Gasteiger partial charge in [-0.05, 0) is 31.9 Å². The van der Waals surface area contributed by atoms with Crippen LogP contribution in [0.25, 0.3) is 0 Å². The number of aromatic nitrogens is 4. The zero-order chi connectivity index (χ0) is 19.9. The van der Waals surface area contributed by atoms with Gasteiger partial charge in [0.2, 0.25) is 0 Å². The molecule has 0 aliphatic carbocycles. The van der Waals surface area contributed by atoms with E-state index < -0.39 is 0 Å². The molecule has 0 fully saturated rings. The Labute approximate surface area is 169 Å². The lowest BCUT2D eigenvalue weighted by Crippen LogP contribution is -2.08. The fourth-order valence-corrected chi connectivity index (χ4v) is 4.01. The first kappa shape index (κ1) is 20.4. The number of aryl methyl sites for hydroxylation is 2. The average molecular weight is 399 g/mol. The summed E-state index contributed by atoms with van der Waals surface area (Å²) in [5, 5.41) is 8.88. The first-order chi connectivity index (χ1) is 13.6. The number of Topliss-reactive ketones (excluding diaryl/α,β-unsaturated/α-hetero) is 1. The lowest BCUT2D eigenvalue weighted by Gasteiger charge is -2.10. The van der Waals surface area contributed by atoms with E-state index in [2.05, 4.69) is 26.9 Å². The lowest BCUT2D eigenvalue weighted by atomic mass is 10.2. The number of ketones is 1. The highest BCUT2D eigenvalue weighted by Gasteiger charge is 2.17. The van der Waals surface area contributed by atoms with Gasteiger partial charge in [-0.2, -0.15) is 0 Å². The summed E-state index contributed by atoms with van der Waals surface area (Å²) in [6.07, 6.45) is 2.59. The highest BCUT2D eigenvalue weighted by molar-refractivity contribution is 7.99. The van der Waals surface area contributed by atoms with E-state index in [1.54, 1.807) is 13.4 Å². The van der Waals surface area contributed by atoms with Crippen LogP contribution < -0.4 is 0 Å². The summed E-state index contributed by atoms with van der Waals surface area (Å²) in [5.41, 5.74) is 4.11. The van der Waals surface area contributed by atoms with E-state index >= 15 is 0 Å². The van der Waals surface area contributed by atoms with Crippen LogP contribution in [-0.4, -0.2) is 44.6 Å². The van der Waals surface area contributed by atoms with E-state index in [9.17, 15) is 4.79 Å². The van der Waals surface area contributed by atoms with Crippen molar-refractivity contribution < 1.29 is 9.53 Å². The van der Waals surface area contributed by atoms with E-state index in [0.29, 0.717) is 12.4 Å². The van der Waals surface area contributed by atoms with Crippen molar-refractivity contribution in [2.45, 2.75) is 38.5 Å². The number of nitrogens with zero attached hydrogens (tertiary/aromatic N) is 4. The van der Waals surface area contributed by atoms with Crippen molar-refractivity contribution in [3.63, 3.8) is 0 Å². The monoisotopic (exact) mass is 398 g/mol. The predicted molar refractivity (Wildman–Crippen MR) is 111 cm³/mol. The second-order valence-electron chi connectivity index (χ2n) is 6.72. The fraction of sp³-hybridized carbons (Fsp3) is 0.381. The first-order valence-corrected chi connectivity index (χ1v) is 10.3. The molecule has 0 bridgehead atoms. The third-order valence-electron chi connectivity index (χ3n) is 4.72. The summed E-state index contributed by atoms with van der Waals surface area (Å²) in [6.45, 7) is 6.30. The smallest absolute Gasteiger partial charge is 0.191 e. The minimum atomic E-state index is 0.115. The van der Waals surface area contributed by atoms with Gasteiger partial charge in [0, 0.05) is 43.8 Å². The maximum Gasteiger partial charge on any atom is 0.191 e. The molecule has 3 rings (SSSR count). The van der Waals surface area contributed by atoms with Crippen LogP contribution in [0.5, 0.6) is 0 Å². The Bertz CT molecular complexity index is 918. The Hall–Kier alpha value is -2.38. The van der Waals surface area contributed by atoms with Crippen LogP contribution in [0.2, 0.25) is 0 Å². The summed E-state index contributed by atoms with van der Waals surface area (Å²) >= 11 is 1.43. The minimum absolute atomic E-state index is 0.115. The molecule has 0 saturated carbocycles. The molecule has 28 heavy (non-hydrogen) atoms. The van der Waals surface area contributed by atoms with Gasteiger partial charge in [-0.15, -0.1) is 10.2 Å². The summed E-state index contributed by atoms with van der Waals surface area (Å²) in [6, 6.07) is 12.3. The molecular weight excluding hydrogens is 372 g/mol. The van der Waals surface area contributed by atoms with E-state index in [0.717, 1.165) is 41.6 Å². The zero-order valence-electron chi connectivity index (χ0n) is 16.6. The van der Waals surface area contributed by atoms with Gasteiger partial charge in [0.1, 0.15) is 6.33 Å². The van der Waals surface area contributed by atoms with Crippen molar-refractivity contribution in [3.05, 3.63) is 65.2 Å². The van der Waals surface area contributed by atoms with E-state index in [1.807, 2.05) is 42.7 Å². The van der Waals surface area contributed by atoms with Gasteiger partial charge >= 0.3 is 0 Å². The zero-order valence-corrected chi connectivity index (χ0v) is 17.4. The van der Waals surface area contributed by atoms with Gasteiger partial charge in [-0.1, -0.05) is 42.1 Å². The molecule has 1 aromatic carbocycles. The molecule has 0 atom stereocenters. The quantitative estimate of drug-likeness (QED) is 0.296. The third kappa shape index (κ3) is 4.91. The maximum absolute atomic E-state index is 12.8. The standard InChI is InChI=1S/C21H26N4O2S/c1-16-12-19(17(2)25(16)13-18-8-5-4-6-9-18)20(26)14-28-21-23-22-15-24(21)10-7-11-27-3/h4-6,8-9,12,15H,7,10-11,13-14H2,1-3H3. The molecule has 0 aliphatic heterocycles. The van der Waals surface area contributed by atoms with Gasteiger partial charge < -0.3 is 13.9 Å². The van der Waals surface area contributed by atoms with Crippen LogP contribution in [0.3, 0.4) is 0 Å². The first-order valence-electron chi connectivity index (χ1n) is 9.33. The van der Waals surface area contributed by atoms with Gasteiger partial charge in [-0.25, -0.2) is 0 Å². The maximum atomic E-state index is 12.8. The molecule has 0 aliphatic rings. The molecule has 0 spiro atoms. The Morgan fingerprint density at radius 1 is 1.21 bits per heavy atom. The van der Waals surface area contributed by atoms with Crippen molar-refractivity contribution in [2.24, 2.45) is 0 Å². The number of methoxy groups -OCH3 is 1. The number of thioether (sulfide) groups is 1. The van der Waals surface area contributed by atoms with Crippen molar-refractivity contribution in [2.75, 3.05) is 19.5 Å². The van der Waals surface area contributed by atoms with E-state index in [1.165, 1.54) is 17.3 Å². The Balaban J connectivity index is 1.65. The minimum Gasteiger partial charge on any atom is -0.385 e. The van der Waals surface area contributed by atoms with Crippen LogP contribution in [0, 0.1) is 13.8 Å². The van der Waals surface area contributed by atoms with Crippen molar-refractivity contribution >= 4 is 17.5 Å². The summed E-state index contributed by atoms with van der Waals surface area (Å²) in [7, 11) is 1.69. The molecule has 3 aromatic rings. The molecule has 0 saturated heterocycles. The number of hydrogen-bond acceptors (Lipinski definition) is 5. The fourth-order valence-electron chi connectivity index (χ4n) is 3.19. The molecule has 0 N–H and O–H groups in total. The number of benzene rings is 1. The van der Waals surface area contributed by atoms with E-state index in [-0.39, 0.29) is 5.78 Å². The number of hydrogen-bond donors (Lipinski definition) is 0. The molecule has 2 aromatic heterocycles. The molecule has 7 heteroatoms. The van der Waals surface area contributed by atoms with Crippen LogP contribution >= 0.6 is 11.8 Å². The van der Waals surface area contributed by atoms with Crippen LogP contribution in [0.4, 0.5) is 0 Å².